The van der Waals surface area contributed by atoms with Crippen LogP contribution in [0.15, 0.2) is 66.9 Å². The number of aromatic nitrogens is 1. The Kier molecular flexibility index (Phi) is 3.54. The summed E-state index contributed by atoms with van der Waals surface area (Å²) in [7, 11) is 0. The average molecular weight is 302 g/mol. The fraction of sp³-hybridized carbons (Fsp3) is 0.200. The Labute approximate surface area is 135 Å². The third-order valence-electron chi connectivity index (χ3n) is 4.43. The van der Waals surface area contributed by atoms with E-state index in [1.165, 1.54) is 18.4 Å². The maximum Gasteiger partial charge on any atom is 0.252 e. The van der Waals surface area contributed by atoms with Gasteiger partial charge in [-0.3, -0.25) is 9.78 Å². The number of rotatable bonds is 4. The Morgan fingerprint density at radius 1 is 1.00 bits per heavy atom. The van der Waals surface area contributed by atoms with Crippen LogP contribution >= 0.6 is 0 Å². The highest BCUT2D eigenvalue weighted by Gasteiger charge is 2.33. The van der Waals surface area contributed by atoms with Crippen molar-refractivity contribution >= 4 is 16.8 Å². The van der Waals surface area contributed by atoms with Crippen LogP contribution in [0.2, 0.25) is 0 Å². The highest BCUT2D eigenvalue weighted by molar-refractivity contribution is 6.06. The third-order valence-corrected chi connectivity index (χ3v) is 4.43. The zero-order valence-electron chi connectivity index (χ0n) is 12.8. The maximum atomic E-state index is 12.8. The van der Waals surface area contributed by atoms with E-state index in [0.29, 0.717) is 11.5 Å². The summed E-state index contributed by atoms with van der Waals surface area (Å²) in [6.45, 7) is 0. The lowest BCUT2D eigenvalue weighted by molar-refractivity contribution is 0.0933. The van der Waals surface area contributed by atoms with Gasteiger partial charge in [0.05, 0.1) is 17.1 Å². The van der Waals surface area contributed by atoms with Crippen LogP contribution in [0.4, 0.5) is 0 Å². The monoisotopic (exact) mass is 302 g/mol. The number of carbonyl (C=O) groups is 1. The van der Waals surface area contributed by atoms with E-state index in [-0.39, 0.29) is 11.9 Å². The molecule has 1 atom stereocenters. The van der Waals surface area contributed by atoms with Crippen LogP contribution < -0.4 is 5.32 Å². The van der Waals surface area contributed by atoms with Crippen molar-refractivity contribution in [3.63, 3.8) is 0 Å². The molecule has 0 aliphatic heterocycles. The molecule has 0 radical (unpaired) electrons. The van der Waals surface area contributed by atoms with Crippen molar-refractivity contribution in [2.75, 3.05) is 0 Å². The predicted octanol–water partition coefficient (Wildman–Crippen LogP) is 4.12. The Hall–Kier alpha value is -2.68. The van der Waals surface area contributed by atoms with Gasteiger partial charge in [-0.2, -0.15) is 0 Å². The van der Waals surface area contributed by atoms with Crippen molar-refractivity contribution in [2.45, 2.75) is 18.9 Å². The lowest BCUT2D eigenvalue weighted by Gasteiger charge is -2.19. The number of benzene rings is 2. The molecule has 4 rings (SSSR count). The van der Waals surface area contributed by atoms with Crippen molar-refractivity contribution in [3.05, 3.63) is 78.0 Å². The molecule has 1 amide bonds. The molecule has 0 spiro atoms. The Bertz CT molecular complexity index is 835. The Morgan fingerprint density at radius 2 is 1.74 bits per heavy atom. The largest absolute Gasteiger partial charge is 0.345 e. The van der Waals surface area contributed by atoms with Crippen LogP contribution in [0.25, 0.3) is 10.9 Å². The van der Waals surface area contributed by atoms with Gasteiger partial charge in [0.2, 0.25) is 0 Å². The van der Waals surface area contributed by atoms with Gasteiger partial charge in [0, 0.05) is 11.6 Å². The molecule has 1 aliphatic carbocycles. The minimum absolute atomic E-state index is 0.0237. The van der Waals surface area contributed by atoms with Crippen LogP contribution in [-0.4, -0.2) is 10.9 Å². The van der Waals surface area contributed by atoms with Gasteiger partial charge in [0.25, 0.3) is 5.91 Å². The summed E-state index contributed by atoms with van der Waals surface area (Å²) < 4.78 is 0. The summed E-state index contributed by atoms with van der Waals surface area (Å²) in [6.07, 6.45) is 4.06. The van der Waals surface area contributed by atoms with Gasteiger partial charge in [0.15, 0.2) is 0 Å². The summed E-state index contributed by atoms with van der Waals surface area (Å²) in [4.78, 5) is 17.2. The molecule has 1 heterocycles. The molecule has 0 saturated heterocycles. The number of amides is 1. The lowest BCUT2D eigenvalue weighted by Crippen LogP contribution is -2.30. The van der Waals surface area contributed by atoms with Gasteiger partial charge in [0.1, 0.15) is 0 Å². The molecule has 1 fully saturated rings. The van der Waals surface area contributed by atoms with Crippen molar-refractivity contribution < 1.29 is 4.79 Å². The van der Waals surface area contributed by atoms with Crippen molar-refractivity contribution in [1.29, 1.82) is 0 Å². The number of fused-ring (bicyclic) bond motifs is 1. The summed E-state index contributed by atoms with van der Waals surface area (Å²) in [5.41, 5.74) is 2.72. The van der Waals surface area contributed by atoms with E-state index in [1.807, 2.05) is 42.5 Å². The van der Waals surface area contributed by atoms with Crippen LogP contribution in [0.5, 0.6) is 0 Å². The number of carbonyl (C=O) groups excluding carboxylic acids is 1. The van der Waals surface area contributed by atoms with E-state index < -0.39 is 0 Å². The number of hydrogen-bond acceptors (Lipinski definition) is 2. The first kappa shape index (κ1) is 13.9. The van der Waals surface area contributed by atoms with Crippen LogP contribution in [0.1, 0.15) is 34.8 Å². The molecule has 114 valence electrons. The maximum absolute atomic E-state index is 12.8. The Balaban J connectivity index is 1.65. The summed E-state index contributed by atoms with van der Waals surface area (Å²) in [6, 6.07) is 19.9. The van der Waals surface area contributed by atoms with Crippen LogP contribution in [0.3, 0.4) is 0 Å². The minimum atomic E-state index is -0.0237. The normalized spacial score (nSPS) is 15.3. The second-order valence-electron chi connectivity index (χ2n) is 6.07. The predicted molar refractivity (Wildman–Crippen MR) is 91.1 cm³/mol. The minimum Gasteiger partial charge on any atom is -0.345 e. The second-order valence-corrected chi connectivity index (χ2v) is 6.07. The van der Waals surface area contributed by atoms with E-state index in [1.54, 1.807) is 12.3 Å². The SMILES string of the molecule is O=C(NC(c1ccccc1)C1CC1)c1ccnc2ccccc12. The molecule has 23 heavy (non-hydrogen) atoms. The van der Waals surface area contributed by atoms with Gasteiger partial charge in [-0.25, -0.2) is 0 Å². The van der Waals surface area contributed by atoms with E-state index in [0.717, 1.165) is 10.9 Å². The summed E-state index contributed by atoms with van der Waals surface area (Å²) in [5.74, 6) is 0.527. The molecular weight excluding hydrogens is 284 g/mol. The first-order valence-electron chi connectivity index (χ1n) is 8.02. The number of hydrogen-bond donors (Lipinski definition) is 1. The van der Waals surface area contributed by atoms with Gasteiger partial charge >= 0.3 is 0 Å². The van der Waals surface area contributed by atoms with E-state index >= 15 is 0 Å². The first-order valence-corrected chi connectivity index (χ1v) is 8.02. The Morgan fingerprint density at radius 3 is 2.52 bits per heavy atom. The van der Waals surface area contributed by atoms with E-state index in [2.05, 4.69) is 22.4 Å². The summed E-state index contributed by atoms with van der Waals surface area (Å²) >= 11 is 0. The highest BCUT2D eigenvalue weighted by atomic mass is 16.1. The first-order chi connectivity index (χ1) is 11.3. The van der Waals surface area contributed by atoms with Gasteiger partial charge < -0.3 is 5.32 Å². The second kappa shape index (κ2) is 5.84. The molecule has 1 N–H and O–H groups in total. The number of nitrogens with one attached hydrogen (secondary N) is 1. The van der Waals surface area contributed by atoms with Gasteiger partial charge in [-0.05, 0) is 36.5 Å². The fourth-order valence-electron chi connectivity index (χ4n) is 3.08. The van der Waals surface area contributed by atoms with Crippen molar-refractivity contribution in [3.8, 4) is 0 Å². The third kappa shape index (κ3) is 2.82. The molecule has 3 aromatic rings. The zero-order valence-corrected chi connectivity index (χ0v) is 12.8. The zero-order chi connectivity index (χ0) is 15.6. The molecule has 3 heteroatoms. The van der Waals surface area contributed by atoms with Gasteiger partial charge in [-0.15, -0.1) is 0 Å². The molecule has 1 saturated carbocycles. The average Bonchev–Trinajstić information content (AvgIpc) is 3.44. The lowest BCUT2D eigenvalue weighted by atomic mass is 10.0. The number of para-hydroxylation sites is 1. The topological polar surface area (TPSA) is 42.0 Å². The number of pyridine rings is 1. The quantitative estimate of drug-likeness (QED) is 0.788. The molecule has 0 bridgehead atoms. The molecule has 1 aromatic heterocycles. The molecular formula is C20H18N2O. The fourth-order valence-corrected chi connectivity index (χ4v) is 3.08. The van der Waals surface area contributed by atoms with Crippen molar-refractivity contribution in [2.24, 2.45) is 5.92 Å². The molecule has 1 unspecified atom stereocenters. The smallest absolute Gasteiger partial charge is 0.252 e. The van der Waals surface area contributed by atoms with Crippen LogP contribution in [-0.2, 0) is 0 Å². The standard InChI is InChI=1S/C20H18N2O/c23-20(17-12-13-21-18-9-5-4-8-16(17)18)22-19(15-10-11-15)14-6-2-1-3-7-14/h1-9,12-13,15,19H,10-11H2,(H,22,23). The van der Waals surface area contributed by atoms with Gasteiger partial charge in [-0.1, -0.05) is 48.5 Å². The van der Waals surface area contributed by atoms with E-state index in [9.17, 15) is 4.79 Å². The molecule has 3 nitrogen and oxygen atoms in total. The summed E-state index contributed by atoms with van der Waals surface area (Å²) in [5, 5.41) is 4.14. The van der Waals surface area contributed by atoms with Crippen molar-refractivity contribution in [1.82, 2.24) is 10.3 Å². The van der Waals surface area contributed by atoms with Crippen LogP contribution in [0, 0.1) is 5.92 Å². The molecule has 1 aliphatic rings. The van der Waals surface area contributed by atoms with E-state index in [4.69, 9.17) is 0 Å². The number of nitrogens with zero attached hydrogens (tertiary/aromatic N) is 1. The molecule has 2 aromatic carbocycles. The highest BCUT2D eigenvalue weighted by Crippen LogP contribution is 2.41.